The van der Waals surface area contributed by atoms with Crippen LogP contribution in [0.1, 0.15) is 41.3 Å². The average molecular weight is 327 g/mol. The summed E-state index contributed by atoms with van der Waals surface area (Å²) in [7, 11) is 0. The number of carbonyl (C=O) groups excluding carboxylic acids is 1. The Balaban J connectivity index is 1.50. The van der Waals surface area contributed by atoms with E-state index in [0.29, 0.717) is 6.42 Å². The Labute approximate surface area is 143 Å². The monoisotopic (exact) mass is 327 g/mol. The zero-order valence-electron chi connectivity index (χ0n) is 13.9. The molecule has 0 radical (unpaired) electrons. The molecule has 1 amide bonds. The minimum absolute atomic E-state index is 0.282. The fourth-order valence-electron chi connectivity index (χ4n) is 3.35. The Kier molecular flexibility index (Phi) is 5.50. The van der Waals surface area contributed by atoms with E-state index in [1.807, 2.05) is 4.90 Å². The zero-order valence-corrected chi connectivity index (χ0v) is 14.7. The summed E-state index contributed by atoms with van der Waals surface area (Å²) in [5, 5.41) is 2.10. The molecule has 3 rings (SSSR count). The number of likely N-dealkylation sites (N-methyl/N-ethyl adjacent to an activating group) is 1. The van der Waals surface area contributed by atoms with E-state index in [2.05, 4.69) is 42.6 Å². The Morgan fingerprint density at radius 1 is 1.17 bits per heavy atom. The molecular formula is C20H25NOS. The summed E-state index contributed by atoms with van der Waals surface area (Å²) >= 11 is 1.77. The Bertz CT molecular complexity index is 648. The molecule has 23 heavy (non-hydrogen) atoms. The van der Waals surface area contributed by atoms with Crippen LogP contribution in [0.4, 0.5) is 0 Å². The first-order valence-corrected chi connectivity index (χ1v) is 9.55. The lowest BCUT2D eigenvalue weighted by Gasteiger charge is -2.20. The number of carbonyl (C=O) groups is 1. The molecule has 0 unspecified atom stereocenters. The SMILES string of the molecule is CCN(CCc1cccs1)C(=O)CCc1ccc2c(c1)CCC2. The summed E-state index contributed by atoms with van der Waals surface area (Å²) in [5.41, 5.74) is 4.32. The molecule has 0 spiro atoms. The topological polar surface area (TPSA) is 20.3 Å². The molecule has 3 heteroatoms. The molecule has 0 bridgehead atoms. The first kappa shape index (κ1) is 16.3. The maximum absolute atomic E-state index is 12.5. The van der Waals surface area contributed by atoms with Crippen LogP contribution in [0.5, 0.6) is 0 Å². The molecule has 0 N–H and O–H groups in total. The number of fused-ring (bicyclic) bond motifs is 1. The van der Waals surface area contributed by atoms with E-state index in [-0.39, 0.29) is 5.91 Å². The minimum Gasteiger partial charge on any atom is -0.343 e. The molecule has 1 aliphatic carbocycles. The van der Waals surface area contributed by atoms with Crippen molar-refractivity contribution in [3.8, 4) is 0 Å². The van der Waals surface area contributed by atoms with Crippen molar-refractivity contribution in [1.29, 1.82) is 0 Å². The van der Waals surface area contributed by atoms with Gasteiger partial charge in [0.2, 0.25) is 5.91 Å². The van der Waals surface area contributed by atoms with Gasteiger partial charge in [0.15, 0.2) is 0 Å². The molecule has 1 aromatic heterocycles. The maximum atomic E-state index is 12.5. The van der Waals surface area contributed by atoms with Gasteiger partial charge in [-0.25, -0.2) is 0 Å². The molecule has 0 aliphatic heterocycles. The van der Waals surface area contributed by atoms with E-state index < -0.39 is 0 Å². The molecule has 2 nitrogen and oxygen atoms in total. The summed E-state index contributed by atoms with van der Waals surface area (Å²) in [4.78, 5) is 15.8. The third-order valence-electron chi connectivity index (χ3n) is 4.73. The smallest absolute Gasteiger partial charge is 0.222 e. The first-order chi connectivity index (χ1) is 11.3. The minimum atomic E-state index is 0.282. The maximum Gasteiger partial charge on any atom is 0.222 e. The highest BCUT2D eigenvalue weighted by Gasteiger charge is 2.14. The molecule has 1 aliphatic rings. The Morgan fingerprint density at radius 3 is 2.83 bits per heavy atom. The Hall–Kier alpha value is -1.61. The van der Waals surface area contributed by atoms with Gasteiger partial charge in [0, 0.05) is 24.4 Å². The average Bonchev–Trinajstić information content (AvgIpc) is 3.24. The highest BCUT2D eigenvalue weighted by Crippen LogP contribution is 2.23. The van der Waals surface area contributed by atoms with Crippen molar-refractivity contribution < 1.29 is 4.79 Å². The van der Waals surface area contributed by atoms with Gasteiger partial charge < -0.3 is 4.90 Å². The standard InChI is InChI=1S/C20H25NOS/c1-2-21(13-12-19-7-4-14-23-19)20(22)11-9-16-8-10-17-5-3-6-18(17)15-16/h4,7-8,10,14-15H,2-3,5-6,9,11-13H2,1H3. The second-order valence-electron chi connectivity index (χ2n) is 6.26. The van der Waals surface area contributed by atoms with Crippen LogP contribution in [0.3, 0.4) is 0 Å². The second-order valence-corrected chi connectivity index (χ2v) is 7.29. The van der Waals surface area contributed by atoms with Crippen molar-refractivity contribution in [2.45, 2.75) is 45.4 Å². The second kappa shape index (κ2) is 7.78. The van der Waals surface area contributed by atoms with Crippen LogP contribution < -0.4 is 0 Å². The zero-order chi connectivity index (χ0) is 16.1. The van der Waals surface area contributed by atoms with Crippen LogP contribution in [0, 0.1) is 0 Å². The van der Waals surface area contributed by atoms with Crippen LogP contribution in [-0.4, -0.2) is 23.9 Å². The van der Waals surface area contributed by atoms with Gasteiger partial charge in [-0.1, -0.05) is 24.3 Å². The lowest BCUT2D eigenvalue weighted by Crippen LogP contribution is -2.32. The van der Waals surface area contributed by atoms with Gasteiger partial charge in [-0.05, 0) is 67.2 Å². The molecule has 0 saturated carbocycles. The van der Waals surface area contributed by atoms with Crippen molar-refractivity contribution in [3.05, 3.63) is 57.3 Å². The summed E-state index contributed by atoms with van der Waals surface area (Å²) in [6, 6.07) is 11.0. The quantitative estimate of drug-likeness (QED) is 0.744. The summed E-state index contributed by atoms with van der Waals surface area (Å²) in [6.45, 7) is 3.70. The van der Waals surface area contributed by atoms with Crippen LogP contribution >= 0.6 is 11.3 Å². The van der Waals surface area contributed by atoms with Gasteiger partial charge in [-0.2, -0.15) is 0 Å². The number of hydrogen-bond donors (Lipinski definition) is 0. The lowest BCUT2D eigenvalue weighted by atomic mass is 10.0. The van der Waals surface area contributed by atoms with Crippen molar-refractivity contribution in [2.24, 2.45) is 0 Å². The van der Waals surface area contributed by atoms with E-state index in [9.17, 15) is 4.79 Å². The Morgan fingerprint density at radius 2 is 2.04 bits per heavy atom. The van der Waals surface area contributed by atoms with Gasteiger partial charge in [0.25, 0.3) is 0 Å². The van der Waals surface area contributed by atoms with Gasteiger partial charge in [-0.15, -0.1) is 11.3 Å². The predicted octanol–water partition coefficient (Wildman–Crippen LogP) is 4.26. The number of benzene rings is 1. The fourth-order valence-corrected chi connectivity index (χ4v) is 4.05. The normalized spacial score (nSPS) is 13.1. The molecule has 0 fully saturated rings. The molecule has 0 saturated heterocycles. The van der Waals surface area contributed by atoms with Crippen molar-refractivity contribution >= 4 is 17.2 Å². The van der Waals surface area contributed by atoms with E-state index in [0.717, 1.165) is 25.9 Å². The molecule has 2 aromatic rings. The van der Waals surface area contributed by atoms with E-state index in [1.165, 1.54) is 40.8 Å². The number of aryl methyl sites for hydroxylation is 3. The van der Waals surface area contributed by atoms with Crippen molar-refractivity contribution in [2.75, 3.05) is 13.1 Å². The van der Waals surface area contributed by atoms with Crippen molar-refractivity contribution in [3.63, 3.8) is 0 Å². The van der Waals surface area contributed by atoms with Gasteiger partial charge >= 0.3 is 0 Å². The number of hydrogen-bond acceptors (Lipinski definition) is 2. The summed E-state index contributed by atoms with van der Waals surface area (Å²) in [6.07, 6.45) is 6.17. The van der Waals surface area contributed by atoms with E-state index in [1.54, 1.807) is 11.3 Å². The molecule has 0 atom stereocenters. The fraction of sp³-hybridized carbons (Fsp3) is 0.450. The largest absolute Gasteiger partial charge is 0.343 e. The van der Waals surface area contributed by atoms with Crippen molar-refractivity contribution in [1.82, 2.24) is 4.90 Å². The molecule has 122 valence electrons. The highest BCUT2D eigenvalue weighted by molar-refractivity contribution is 7.09. The van der Waals surface area contributed by atoms with Crippen LogP contribution in [-0.2, 0) is 30.5 Å². The van der Waals surface area contributed by atoms with Crippen LogP contribution in [0.25, 0.3) is 0 Å². The van der Waals surface area contributed by atoms with E-state index >= 15 is 0 Å². The van der Waals surface area contributed by atoms with Gasteiger partial charge in [-0.3, -0.25) is 4.79 Å². The number of thiophene rings is 1. The number of rotatable bonds is 7. The lowest BCUT2D eigenvalue weighted by molar-refractivity contribution is -0.130. The number of amides is 1. The summed E-state index contributed by atoms with van der Waals surface area (Å²) < 4.78 is 0. The van der Waals surface area contributed by atoms with Gasteiger partial charge in [0.1, 0.15) is 0 Å². The highest BCUT2D eigenvalue weighted by atomic mass is 32.1. The van der Waals surface area contributed by atoms with Crippen LogP contribution in [0.15, 0.2) is 35.7 Å². The van der Waals surface area contributed by atoms with Gasteiger partial charge in [0.05, 0.1) is 0 Å². The molecule has 1 heterocycles. The first-order valence-electron chi connectivity index (χ1n) is 8.67. The molecule has 1 aromatic carbocycles. The predicted molar refractivity (Wildman–Crippen MR) is 97.1 cm³/mol. The molecular weight excluding hydrogens is 302 g/mol. The third kappa shape index (κ3) is 4.23. The van der Waals surface area contributed by atoms with Crippen LogP contribution in [0.2, 0.25) is 0 Å². The third-order valence-corrected chi connectivity index (χ3v) is 5.67. The van der Waals surface area contributed by atoms with E-state index in [4.69, 9.17) is 0 Å². The number of nitrogens with zero attached hydrogens (tertiary/aromatic N) is 1. The summed E-state index contributed by atoms with van der Waals surface area (Å²) in [5.74, 6) is 0.282.